The van der Waals surface area contributed by atoms with Crippen molar-refractivity contribution in [3.63, 3.8) is 0 Å². The Morgan fingerprint density at radius 1 is 1.56 bits per heavy atom. The Balaban J connectivity index is 1.95. The summed E-state index contributed by atoms with van der Waals surface area (Å²) < 4.78 is 0.924. The first-order valence-corrected chi connectivity index (χ1v) is 7.03. The second-order valence-corrected chi connectivity index (χ2v) is 5.70. The second kappa shape index (κ2) is 4.71. The zero-order chi connectivity index (χ0) is 12.5. The number of piperidine rings is 1. The van der Waals surface area contributed by atoms with E-state index in [0.29, 0.717) is 5.15 Å². The van der Waals surface area contributed by atoms with Crippen LogP contribution in [0.5, 0.6) is 0 Å². The van der Waals surface area contributed by atoms with Crippen LogP contribution in [0, 0.1) is 17.2 Å². The van der Waals surface area contributed by atoms with Crippen molar-refractivity contribution in [3.05, 3.63) is 17.4 Å². The van der Waals surface area contributed by atoms with Gasteiger partial charge in [-0.1, -0.05) is 22.9 Å². The van der Waals surface area contributed by atoms with E-state index in [2.05, 4.69) is 20.9 Å². The Labute approximate surface area is 114 Å². The second-order valence-electron chi connectivity index (χ2n) is 4.36. The molecule has 0 amide bonds. The van der Waals surface area contributed by atoms with E-state index in [9.17, 15) is 0 Å². The molecule has 4 nitrogen and oxygen atoms in total. The number of aromatic nitrogens is 2. The van der Waals surface area contributed by atoms with E-state index >= 15 is 0 Å². The van der Waals surface area contributed by atoms with Crippen LogP contribution in [0.4, 0.5) is 5.13 Å². The standard InChI is InChI=1S/C12H11ClN4S/c13-11-10-9(3-4-15-11)16-12(18-10)17-5-1-2-8(6-14)7-17/h3-4,8H,1-2,5,7H2/t8-/m1/s1. The highest BCUT2D eigenvalue weighted by molar-refractivity contribution is 7.22. The quantitative estimate of drug-likeness (QED) is 0.752. The highest BCUT2D eigenvalue weighted by Gasteiger charge is 2.22. The number of fused-ring (bicyclic) bond motifs is 1. The lowest BCUT2D eigenvalue weighted by molar-refractivity contribution is 0.493. The van der Waals surface area contributed by atoms with Gasteiger partial charge in [0.1, 0.15) is 5.15 Å². The number of halogens is 1. The van der Waals surface area contributed by atoms with Crippen LogP contribution in [0.1, 0.15) is 12.8 Å². The maximum absolute atomic E-state index is 9.01. The summed E-state index contributed by atoms with van der Waals surface area (Å²) in [5.74, 6) is 0.111. The number of pyridine rings is 1. The zero-order valence-corrected chi connectivity index (χ0v) is 11.2. The van der Waals surface area contributed by atoms with Crippen LogP contribution in [-0.2, 0) is 0 Å². The third-order valence-electron chi connectivity index (χ3n) is 3.12. The number of anilines is 1. The first kappa shape index (κ1) is 11.7. The van der Waals surface area contributed by atoms with E-state index in [-0.39, 0.29) is 5.92 Å². The Morgan fingerprint density at radius 2 is 2.44 bits per heavy atom. The molecule has 6 heteroatoms. The summed E-state index contributed by atoms with van der Waals surface area (Å²) in [7, 11) is 0. The predicted molar refractivity (Wildman–Crippen MR) is 73.0 cm³/mol. The van der Waals surface area contributed by atoms with Crippen molar-refractivity contribution in [2.75, 3.05) is 18.0 Å². The fourth-order valence-electron chi connectivity index (χ4n) is 2.20. The predicted octanol–water partition coefficient (Wildman–Crippen LogP) is 3.08. The van der Waals surface area contributed by atoms with Crippen LogP contribution in [0.15, 0.2) is 12.3 Å². The Hall–Kier alpha value is -1.38. The van der Waals surface area contributed by atoms with Crippen LogP contribution < -0.4 is 4.90 Å². The normalized spacial score (nSPS) is 20.0. The third kappa shape index (κ3) is 2.02. The van der Waals surface area contributed by atoms with Crippen molar-refractivity contribution >= 4 is 38.3 Å². The first-order chi connectivity index (χ1) is 8.78. The van der Waals surface area contributed by atoms with Crippen molar-refractivity contribution in [1.29, 1.82) is 5.26 Å². The summed E-state index contributed by atoms with van der Waals surface area (Å²) in [5.41, 5.74) is 0.883. The van der Waals surface area contributed by atoms with Gasteiger partial charge in [0.25, 0.3) is 0 Å². The fourth-order valence-corrected chi connectivity index (χ4v) is 3.45. The number of thiazole rings is 1. The highest BCUT2D eigenvalue weighted by Crippen LogP contribution is 2.34. The van der Waals surface area contributed by atoms with E-state index in [1.165, 1.54) is 0 Å². The smallest absolute Gasteiger partial charge is 0.186 e. The molecule has 0 N–H and O–H groups in total. The van der Waals surface area contributed by atoms with Crippen molar-refractivity contribution in [3.8, 4) is 6.07 Å². The molecule has 0 unspecified atom stereocenters. The van der Waals surface area contributed by atoms with Gasteiger partial charge in [-0.15, -0.1) is 0 Å². The molecule has 1 aliphatic heterocycles. The minimum atomic E-state index is 0.111. The molecule has 2 aromatic rings. The molecule has 18 heavy (non-hydrogen) atoms. The molecule has 0 radical (unpaired) electrons. The van der Waals surface area contributed by atoms with Gasteiger partial charge >= 0.3 is 0 Å². The van der Waals surface area contributed by atoms with Gasteiger partial charge in [0.2, 0.25) is 0 Å². The van der Waals surface area contributed by atoms with Gasteiger partial charge in [-0.05, 0) is 18.9 Å². The molecule has 0 spiro atoms. The molecular formula is C12H11ClN4S. The van der Waals surface area contributed by atoms with Gasteiger partial charge in [0.05, 0.1) is 22.2 Å². The molecule has 1 fully saturated rings. The summed E-state index contributed by atoms with van der Waals surface area (Å²) >= 11 is 7.61. The molecule has 3 rings (SSSR count). The van der Waals surface area contributed by atoms with Gasteiger partial charge in [0, 0.05) is 19.3 Å². The Bertz CT molecular complexity index is 618. The minimum absolute atomic E-state index is 0.111. The topological polar surface area (TPSA) is 52.8 Å². The summed E-state index contributed by atoms with van der Waals surface area (Å²) in [6.07, 6.45) is 3.70. The molecule has 0 saturated carbocycles. The third-order valence-corrected chi connectivity index (χ3v) is 4.66. The van der Waals surface area contributed by atoms with Crippen LogP contribution in [0.25, 0.3) is 10.2 Å². The molecular weight excluding hydrogens is 268 g/mol. The average Bonchev–Trinajstić information content (AvgIpc) is 2.84. The summed E-state index contributed by atoms with van der Waals surface area (Å²) in [6, 6.07) is 4.21. The summed E-state index contributed by atoms with van der Waals surface area (Å²) in [6.45, 7) is 1.73. The first-order valence-electron chi connectivity index (χ1n) is 5.83. The molecule has 0 aliphatic carbocycles. The molecule has 1 saturated heterocycles. The number of hydrogen-bond acceptors (Lipinski definition) is 5. The van der Waals surface area contributed by atoms with E-state index in [4.69, 9.17) is 16.9 Å². The van der Waals surface area contributed by atoms with E-state index in [1.807, 2.05) is 6.07 Å². The molecule has 92 valence electrons. The van der Waals surface area contributed by atoms with Gasteiger partial charge in [-0.25, -0.2) is 9.97 Å². The molecule has 1 aliphatic rings. The molecule has 0 bridgehead atoms. The average molecular weight is 279 g/mol. The number of hydrogen-bond donors (Lipinski definition) is 0. The molecule has 2 aromatic heterocycles. The number of rotatable bonds is 1. The van der Waals surface area contributed by atoms with Crippen molar-refractivity contribution in [2.45, 2.75) is 12.8 Å². The highest BCUT2D eigenvalue weighted by atomic mass is 35.5. The van der Waals surface area contributed by atoms with E-state index in [1.54, 1.807) is 17.5 Å². The Kier molecular flexibility index (Phi) is 3.06. The maximum Gasteiger partial charge on any atom is 0.186 e. The number of nitrogens with zero attached hydrogens (tertiary/aromatic N) is 4. The molecule has 1 atom stereocenters. The van der Waals surface area contributed by atoms with Crippen molar-refractivity contribution in [1.82, 2.24) is 9.97 Å². The van der Waals surface area contributed by atoms with E-state index in [0.717, 1.165) is 41.3 Å². The molecule has 0 aromatic carbocycles. The lowest BCUT2D eigenvalue weighted by Gasteiger charge is -2.28. The minimum Gasteiger partial charge on any atom is -0.347 e. The van der Waals surface area contributed by atoms with Crippen LogP contribution in [-0.4, -0.2) is 23.1 Å². The van der Waals surface area contributed by atoms with Gasteiger partial charge in [-0.2, -0.15) is 5.26 Å². The lowest BCUT2D eigenvalue weighted by Crippen LogP contribution is -2.34. The zero-order valence-electron chi connectivity index (χ0n) is 9.64. The molecule has 3 heterocycles. The van der Waals surface area contributed by atoms with Crippen molar-refractivity contribution in [2.24, 2.45) is 5.92 Å². The van der Waals surface area contributed by atoms with E-state index < -0.39 is 0 Å². The maximum atomic E-state index is 9.01. The largest absolute Gasteiger partial charge is 0.347 e. The van der Waals surface area contributed by atoms with Crippen LogP contribution >= 0.6 is 22.9 Å². The summed E-state index contributed by atoms with van der Waals surface area (Å²) in [4.78, 5) is 10.8. The van der Waals surface area contributed by atoms with Gasteiger partial charge in [0.15, 0.2) is 5.13 Å². The van der Waals surface area contributed by atoms with Gasteiger partial charge < -0.3 is 4.90 Å². The van der Waals surface area contributed by atoms with Gasteiger partial charge in [-0.3, -0.25) is 0 Å². The van der Waals surface area contributed by atoms with Crippen molar-refractivity contribution < 1.29 is 0 Å². The van der Waals surface area contributed by atoms with Crippen LogP contribution in [0.2, 0.25) is 5.15 Å². The monoisotopic (exact) mass is 278 g/mol. The fraction of sp³-hybridized carbons (Fsp3) is 0.417. The lowest BCUT2D eigenvalue weighted by atomic mass is 10.0. The van der Waals surface area contributed by atoms with Crippen LogP contribution in [0.3, 0.4) is 0 Å². The SMILES string of the molecule is N#C[C@H]1CCCN(c2nc3ccnc(Cl)c3s2)C1. The number of nitriles is 1. The summed E-state index contributed by atoms with van der Waals surface area (Å²) in [5, 5.41) is 10.5. The Morgan fingerprint density at radius 3 is 3.22 bits per heavy atom.